The average molecular weight is 518 g/mol. The van der Waals surface area contributed by atoms with Gasteiger partial charge in [-0.15, -0.1) is 11.3 Å². The Kier molecular flexibility index (Phi) is 7.60. The number of nitrogens with one attached hydrogen (secondary N) is 2. The molecule has 0 saturated heterocycles. The number of nitrogens with zero attached hydrogens (tertiary/aromatic N) is 3. The maximum atomic E-state index is 12.9. The summed E-state index contributed by atoms with van der Waals surface area (Å²) in [4.78, 5) is 50.0. The number of aromatic amines is 1. The van der Waals surface area contributed by atoms with Crippen LogP contribution in [0.3, 0.4) is 0 Å². The van der Waals surface area contributed by atoms with E-state index in [1.165, 1.54) is 0 Å². The van der Waals surface area contributed by atoms with Crippen LogP contribution in [0.15, 0.2) is 42.7 Å². The molecule has 1 atom stereocenters. The molecule has 1 aromatic carbocycles. The Bertz CT molecular complexity index is 1520. The van der Waals surface area contributed by atoms with E-state index in [9.17, 15) is 19.6 Å². The first-order valence-electron chi connectivity index (χ1n) is 11.5. The molecular formula is C26H23N5O5S. The zero-order chi connectivity index (χ0) is 26.5. The van der Waals surface area contributed by atoms with E-state index in [0.29, 0.717) is 22.4 Å². The van der Waals surface area contributed by atoms with E-state index in [1.807, 2.05) is 12.1 Å². The number of carbonyl (C=O) groups excluding carboxylic acids is 3. The number of benzene rings is 1. The lowest BCUT2D eigenvalue weighted by atomic mass is 10.1. The van der Waals surface area contributed by atoms with Gasteiger partial charge in [0.2, 0.25) is 0 Å². The minimum absolute atomic E-state index is 0.164. The summed E-state index contributed by atoms with van der Waals surface area (Å²) >= 11 is 0.947. The third-order valence-corrected chi connectivity index (χ3v) is 6.71. The molecule has 0 aliphatic rings. The summed E-state index contributed by atoms with van der Waals surface area (Å²) in [6.07, 6.45) is 2.43. The van der Waals surface area contributed by atoms with E-state index < -0.39 is 23.9 Å². The fourth-order valence-electron chi connectivity index (χ4n) is 3.62. The van der Waals surface area contributed by atoms with Crippen LogP contribution in [-0.4, -0.2) is 45.5 Å². The minimum Gasteiger partial charge on any atom is -0.462 e. The van der Waals surface area contributed by atoms with Gasteiger partial charge in [0.25, 0.3) is 5.91 Å². The van der Waals surface area contributed by atoms with Crippen LogP contribution in [0.5, 0.6) is 0 Å². The molecular weight excluding hydrogens is 494 g/mol. The van der Waals surface area contributed by atoms with E-state index in [2.05, 4.69) is 20.3 Å². The van der Waals surface area contributed by atoms with Crippen molar-refractivity contribution in [1.29, 1.82) is 5.26 Å². The lowest BCUT2D eigenvalue weighted by Gasteiger charge is -2.15. The number of ether oxygens (including phenoxy) is 2. The molecule has 1 unspecified atom stereocenters. The van der Waals surface area contributed by atoms with Crippen LogP contribution in [0.2, 0.25) is 0 Å². The van der Waals surface area contributed by atoms with Gasteiger partial charge < -0.3 is 19.8 Å². The average Bonchev–Trinajstić information content (AvgIpc) is 3.47. The number of esters is 2. The number of H-pyrrole nitrogens is 1. The third kappa shape index (κ3) is 5.34. The van der Waals surface area contributed by atoms with Crippen LogP contribution in [-0.2, 0) is 14.3 Å². The predicted octanol–water partition coefficient (Wildman–Crippen LogP) is 4.62. The molecule has 4 rings (SSSR count). The summed E-state index contributed by atoms with van der Waals surface area (Å²) in [6, 6.07) is 10.5. The van der Waals surface area contributed by atoms with Gasteiger partial charge in [0.15, 0.2) is 6.10 Å². The van der Waals surface area contributed by atoms with E-state index in [0.717, 1.165) is 16.9 Å². The third-order valence-electron chi connectivity index (χ3n) is 5.52. The fraction of sp³-hybridized carbons (Fsp3) is 0.231. The fourth-order valence-corrected chi connectivity index (χ4v) is 4.67. The van der Waals surface area contributed by atoms with Crippen LogP contribution in [0.4, 0.5) is 5.00 Å². The zero-order valence-corrected chi connectivity index (χ0v) is 21.1. The highest BCUT2D eigenvalue weighted by Crippen LogP contribution is 2.33. The Morgan fingerprint density at radius 2 is 2.03 bits per heavy atom. The van der Waals surface area contributed by atoms with Crippen molar-refractivity contribution in [1.82, 2.24) is 15.0 Å². The van der Waals surface area contributed by atoms with E-state index in [1.54, 1.807) is 57.4 Å². The van der Waals surface area contributed by atoms with Gasteiger partial charge in [-0.05, 0) is 56.2 Å². The first kappa shape index (κ1) is 25.5. The number of pyridine rings is 1. The highest BCUT2D eigenvalue weighted by molar-refractivity contribution is 7.18. The number of nitriles is 1. The number of fused-ring (bicyclic) bond motifs is 1. The number of thiophene rings is 1. The van der Waals surface area contributed by atoms with Crippen molar-refractivity contribution in [3.05, 3.63) is 64.3 Å². The summed E-state index contributed by atoms with van der Waals surface area (Å²) in [7, 11) is 0. The second-order valence-corrected chi connectivity index (χ2v) is 8.96. The Labute approximate surface area is 216 Å². The molecule has 11 heteroatoms. The number of aromatic nitrogens is 3. The Morgan fingerprint density at radius 1 is 1.22 bits per heavy atom. The van der Waals surface area contributed by atoms with Crippen molar-refractivity contribution in [2.75, 3.05) is 11.9 Å². The Balaban J connectivity index is 1.50. The van der Waals surface area contributed by atoms with Gasteiger partial charge in [-0.25, -0.2) is 14.6 Å². The van der Waals surface area contributed by atoms with Crippen molar-refractivity contribution in [3.63, 3.8) is 0 Å². The Morgan fingerprint density at radius 3 is 2.70 bits per heavy atom. The van der Waals surface area contributed by atoms with Crippen LogP contribution >= 0.6 is 11.3 Å². The van der Waals surface area contributed by atoms with E-state index in [4.69, 9.17) is 9.47 Å². The van der Waals surface area contributed by atoms with Gasteiger partial charge in [0.1, 0.15) is 21.8 Å². The summed E-state index contributed by atoms with van der Waals surface area (Å²) in [6.45, 7) is 5.17. The first-order valence-corrected chi connectivity index (χ1v) is 12.3. The number of anilines is 1. The molecule has 0 radical (unpaired) electrons. The van der Waals surface area contributed by atoms with Crippen LogP contribution in [0, 0.1) is 18.3 Å². The molecule has 10 nitrogen and oxygen atoms in total. The topological polar surface area (TPSA) is 147 Å². The summed E-state index contributed by atoms with van der Waals surface area (Å²) in [5.74, 6) is -1.25. The van der Waals surface area contributed by atoms with Gasteiger partial charge in [0, 0.05) is 18.0 Å². The molecule has 2 N–H and O–H groups in total. The number of hydrogen-bond acceptors (Lipinski definition) is 9. The van der Waals surface area contributed by atoms with Crippen molar-refractivity contribution < 1.29 is 23.9 Å². The number of imidazole rings is 1. The largest absolute Gasteiger partial charge is 0.462 e. The number of carbonyl (C=O) groups is 3. The van der Waals surface area contributed by atoms with Gasteiger partial charge in [-0.3, -0.25) is 9.78 Å². The number of hydrogen-bond donors (Lipinski definition) is 2. The quantitative estimate of drug-likeness (QED) is 0.322. The van der Waals surface area contributed by atoms with Crippen molar-refractivity contribution in [2.24, 2.45) is 0 Å². The number of amides is 1. The summed E-state index contributed by atoms with van der Waals surface area (Å²) < 4.78 is 10.5. The summed E-state index contributed by atoms with van der Waals surface area (Å²) in [5, 5.41) is 12.4. The zero-order valence-electron chi connectivity index (χ0n) is 20.3. The van der Waals surface area contributed by atoms with Crippen LogP contribution in [0.25, 0.3) is 22.4 Å². The van der Waals surface area contributed by atoms with E-state index >= 15 is 0 Å². The molecule has 0 fully saturated rings. The molecule has 4 aromatic rings. The molecule has 1 amide bonds. The smallest absolute Gasteiger partial charge is 0.348 e. The second kappa shape index (κ2) is 11.0. The molecule has 0 aliphatic carbocycles. The van der Waals surface area contributed by atoms with Crippen molar-refractivity contribution in [2.45, 2.75) is 33.3 Å². The lowest BCUT2D eigenvalue weighted by molar-refractivity contribution is -0.124. The number of rotatable bonds is 8. The van der Waals surface area contributed by atoms with Crippen molar-refractivity contribution in [3.8, 4) is 17.5 Å². The molecule has 0 aliphatic heterocycles. The molecule has 0 bridgehead atoms. The Hall–Kier alpha value is -4.56. The minimum atomic E-state index is -1.11. The normalized spacial score (nSPS) is 11.5. The lowest BCUT2D eigenvalue weighted by Crippen LogP contribution is -2.32. The van der Waals surface area contributed by atoms with Crippen LogP contribution in [0.1, 0.15) is 51.4 Å². The maximum absolute atomic E-state index is 12.9. The molecule has 37 heavy (non-hydrogen) atoms. The van der Waals surface area contributed by atoms with Gasteiger partial charge in [-0.2, -0.15) is 5.26 Å². The van der Waals surface area contributed by atoms with Gasteiger partial charge in [-0.1, -0.05) is 6.92 Å². The van der Waals surface area contributed by atoms with Gasteiger partial charge in [0.05, 0.1) is 28.8 Å². The maximum Gasteiger partial charge on any atom is 0.348 e. The first-order chi connectivity index (χ1) is 17.9. The molecule has 188 valence electrons. The molecule has 3 heterocycles. The SMILES string of the molecule is CCOC(=O)c1sc(NC(=O)C(CC)OC(=O)c2ccc3nc(-c4cccnc4)[nH]c3c2)c(C#N)c1C. The second-order valence-electron chi connectivity index (χ2n) is 7.94. The summed E-state index contributed by atoms with van der Waals surface area (Å²) in [5.41, 5.74) is 2.92. The van der Waals surface area contributed by atoms with E-state index in [-0.39, 0.29) is 34.0 Å². The predicted molar refractivity (Wildman–Crippen MR) is 137 cm³/mol. The highest BCUT2D eigenvalue weighted by Gasteiger charge is 2.27. The van der Waals surface area contributed by atoms with Crippen LogP contribution < -0.4 is 5.32 Å². The monoisotopic (exact) mass is 517 g/mol. The van der Waals surface area contributed by atoms with Gasteiger partial charge >= 0.3 is 11.9 Å². The highest BCUT2D eigenvalue weighted by atomic mass is 32.1. The molecule has 0 spiro atoms. The molecule has 0 saturated carbocycles. The van der Waals surface area contributed by atoms with Crippen molar-refractivity contribution >= 4 is 45.2 Å². The standard InChI is InChI=1S/C26H23N5O5S/c1-4-20(23(32)31-24-17(12-27)14(3)21(37-24)26(34)35-5-2)36-25(33)15-8-9-18-19(11-15)30-22(29-18)16-7-6-10-28-13-16/h6-11,13,20H,4-5H2,1-3H3,(H,29,30)(H,31,32). The molecule has 3 aromatic heterocycles.